The van der Waals surface area contributed by atoms with Gasteiger partial charge in [0.2, 0.25) is 0 Å². The fourth-order valence-corrected chi connectivity index (χ4v) is 0.889. The number of nitrogens with two attached hydrogens (primary N) is 1. The highest BCUT2D eigenvalue weighted by Gasteiger charge is 2.39. The van der Waals surface area contributed by atoms with Crippen molar-refractivity contribution < 1.29 is 8.78 Å². The van der Waals surface area contributed by atoms with Crippen molar-refractivity contribution in [1.82, 2.24) is 0 Å². The van der Waals surface area contributed by atoms with Crippen molar-refractivity contribution >= 4 is 24.0 Å². The molecule has 0 aromatic rings. The zero-order valence-corrected chi connectivity index (χ0v) is 5.70. The zero-order valence-electron chi connectivity index (χ0n) is 5.70. The van der Waals surface area contributed by atoms with Crippen molar-refractivity contribution in [3.05, 3.63) is 0 Å². The third-order valence-corrected chi connectivity index (χ3v) is 1.36. The maximum atomic E-state index is 13.1. The van der Waals surface area contributed by atoms with Gasteiger partial charge in [0.05, 0.1) is 0 Å². The summed E-state index contributed by atoms with van der Waals surface area (Å²) in [5.74, 6) is -2.80. The van der Waals surface area contributed by atoms with Gasteiger partial charge in [-0.05, 0) is 0 Å². The molecular weight excluding hydrogens is 168 g/mol. The molecule has 2 N–H and O–H groups in total. The first-order valence-corrected chi connectivity index (χ1v) is 3.02. The molecule has 12 heavy (non-hydrogen) atoms. The van der Waals surface area contributed by atoms with Gasteiger partial charge in [-0.1, -0.05) is 0 Å². The molecule has 0 aromatic carbocycles. The molecule has 5 nitrogen and oxygen atoms in total. The number of rotatable bonds is 0. The van der Waals surface area contributed by atoms with Gasteiger partial charge in [0.15, 0.2) is 11.5 Å². The first-order valence-electron chi connectivity index (χ1n) is 3.02. The molecule has 0 bridgehead atoms. The summed E-state index contributed by atoms with van der Waals surface area (Å²) in [6.45, 7) is 0. The highest BCUT2D eigenvalue weighted by Crippen LogP contribution is 2.18. The highest BCUT2D eigenvalue weighted by atomic mass is 19.2. The van der Waals surface area contributed by atoms with Gasteiger partial charge in [0.25, 0.3) is 0 Å². The standard InChI is InChI=1S/C5H3F2N5/c6-4-11-3-2(9-1-10-3)5(7,8)12-4/h1H,8H2. The summed E-state index contributed by atoms with van der Waals surface area (Å²) in [4.78, 5) is 13.0. The van der Waals surface area contributed by atoms with Gasteiger partial charge < -0.3 is 0 Å². The van der Waals surface area contributed by atoms with Gasteiger partial charge in [-0.15, -0.1) is 0 Å². The minimum absolute atomic E-state index is 0.160. The van der Waals surface area contributed by atoms with Crippen LogP contribution in [-0.2, 0) is 0 Å². The van der Waals surface area contributed by atoms with Crippen molar-refractivity contribution in [2.45, 2.75) is 5.92 Å². The van der Waals surface area contributed by atoms with E-state index >= 15 is 0 Å². The van der Waals surface area contributed by atoms with E-state index in [-0.39, 0.29) is 11.5 Å². The van der Waals surface area contributed by atoms with Gasteiger partial charge >= 0.3 is 12.0 Å². The molecule has 2 aliphatic rings. The number of hydrogen-bond donors (Lipinski definition) is 1. The van der Waals surface area contributed by atoms with E-state index in [0.717, 1.165) is 6.34 Å². The van der Waals surface area contributed by atoms with Crippen LogP contribution in [0.5, 0.6) is 0 Å². The fourth-order valence-electron chi connectivity index (χ4n) is 0.889. The predicted octanol–water partition coefficient (Wildman–Crippen LogP) is -0.211. The van der Waals surface area contributed by atoms with Crippen LogP contribution in [-0.4, -0.2) is 29.9 Å². The molecule has 1 unspecified atom stereocenters. The Morgan fingerprint density at radius 1 is 1.50 bits per heavy atom. The molecule has 0 saturated heterocycles. The number of nitrogens with zero attached hydrogens (tertiary/aromatic N) is 4. The summed E-state index contributed by atoms with van der Waals surface area (Å²) in [5, 5.41) is 0. The molecule has 0 aliphatic carbocycles. The normalized spacial score (nSPS) is 32.4. The first kappa shape index (κ1) is 7.17. The fraction of sp³-hybridized carbons (Fsp3) is 0.200. The molecule has 0 fully saturated rings. The zero-order chi connectivity index (χ0) is 8.77. The molecule has 2 rings (SSSR count). The van der Waals surface area contributed by atoms with Crippen molar-refractivity contribution in [1.29, 1.82) is 0 Å². The maximum absolute atomic E-state index is 13.1. The van der Waals surface area contributed by atoms with E-state index in [1.165, 1.54) is 0 Å². The number of halogens is 2. The number of amidine groups is 2. The van der Waals surface area contributed by atoms with Crippen LogP contribution in [0, 0.1) is 0 Å². The Kier molecular flexibility index (Phi) is 1.20. The van der Waals surface area contributed by atoms with Crippen LogP contribution < -0.4 is 5.73 Å². The van der Waals surface area contributed by atoms with Gasteiger partial charge in [0.1, 0.15) is 6.34 Å². The van der Waals surface area contributed by atoms with Crippen molar-refractivity contribution in [3.63, 3.8) is 0 Å². The van der Waals surface area contributed by atoms with Gasteiger partial charge in [-0.3, -0.25) is 5.73 Å². The van der Waals surface area contributed by atoms with Crippen LogP contribution in [0.25, 0.3) is 0 Å². The second-order valence-corrected chi connectivity index (χ2v) is 2.21. The van der Waals surface area contributed by atoms with Gasteiger partial charge in [-0.2, -0.15) is 18.8 Å². The summed E-state index contributed by atoms with van der Waals surface area (Å²) in [7, 11) is 0. The Morgan fingerprint density at radius 2 is 2.25 bits per heavy atom. The van der Waals surface area contributed by atoms with Gasteiger partial charge in [-0.25, -0.2) is 9.98 Å². The van der Waals surface area contributed by atoms with E-state index in [4.69, 9.17) is 5.73 Å². The maximum Gasteiger partial charge on any atom is 0.310 e. The second kappa shape index (κ2) is 2.01. The molecule has 2 heterocycles. The van der Waals surface area contributed by atoms with Crippen LogP contribution >= 0.6 is 0 Å². The Labute approximate surface area is 65.4 Å². The highest BCUT2D eigenvalue weighted by molar-refractivity contribution is 6.50. The summed E-state index contributed by atoms with van der Waals surface area (Å²) in [6, 6.07) is 0. The molecule has 2 aliphatic heterocycles. The Morgan fingerprint density at radius 3 is 3.00 bits per heavy atom. The Hall–Kier alpha value is -1.50. The summed E-state index contributed by atoms with van der Waals surface area (Å²) in [6.07, 6.45) is -0.184. The lowest BCUT2D eigenvalue weighted by atomic mass is 10.2. The SMILES string of the molecule is NC1(F)N=C(F)N=C2N=CN=C21. The van der Waals surface area contributed by atoms with E-state index in [0.29, 0.717) is 0 Å². The molecular formula is C5H3F2N5. The van der Waals surface area contributed by atoms with E-state index in [1.807, 2.05) is 0 Å². The van der Waals surface area contributed by atoms with Crippen LogP contribution in [0.15, 0.2) is 20.0 Å². The summed E-state index contributed by atoms with van der Waals surface area (Å²) < 4.78 is 25.6. The molecule has 0 spiro atoms. The molecule has 0 amide bonds. The first-order chi connectivity index (χ1) is 5.59. The minimum atomic E-state index is -2.64. The quantitative estimate of drug-likeness (QED) is 0.503. The largest absolute Gasteiger partial charge is 0.310 e. The lowest BCUT2D eigenvalue weighted by molar-refractivity contribution is 0.279. The van der Waals surface area contributed by atoms with Crippen LogP contribution in [0.4, 0.5) is 8.78 Å². The minimum Gasteiger partial charge on any atom is -0.274 e. The average molecular weight is 171 g/mol. The average Bonchev–Trinajstić information content (AvgIpc) is 2.32. The topological polar surface area (TPSA) is 75.5 Å². The predicted molar refractivity (Wildman–Crippen MR) is 39.9 cm³/mol. The third kappa shape index (κ3) is 0.866. The number of hydrogen-bond acceptors (Lipinski definition) is 5. The smallest absolute Gasteiger partial charge is 0.274 e. The van der Waals surface area contributed by atoms with E-state index in [1.54, 1.807) is 0 Å². The van der Waals surface area contributed by atoms with Crippen LogP contribution in [0.3, 0.4) is 0 Å². The third-order valence-electron chi connectivity index (χ3n) is 1.36. The summed E-state index contributed by atoms with van der Waals surface area (Å²) in [5.41, 5.74) is 4.71. The van der Waals surface area contributed by atoms with E-state index < -0.39 is 12.0 Å². The molecule has 7 heteroatoms. The second-order valence-electron chi connectivity index (χ2n) is 2.21. The lowest BCUT2D eigenvalue weighted by Gasteiger charge is -2.17. The monoisotopic (exact) mass is 171 g/mol. The molecule has 62 valence electrons. The van der Waals surface area contributed by atoms with Crippen molar-refractivity contribution in [2.24, 2.45) is 25.7 Å². The number of fused-ring (bicyclic) bond motifs is 1. The van der Waals surface area contributed by atoms with E-state index in [2.05, 4.69) is 20.0 Å². The Bertz CT molecular complexity index is 351. The summed E-state index contributed by atoms with van der Waals surface area (Å²) >= 11 is 0. The number of alkyl halides is 1. The van der Waals surface area contributed by atoms with Crippen LogP contribution in [0.2, 0.25) is 0 Å². The number of aliphatic imine (C=N–C) groups is 4. The van der Waals surface area contributed by atoms with Crippen LogP contribution in [0.1, 0.15) is 0 Å². The Balaban J connectivity index is 2.54. The molecule has 1 atom stereocenters. The molecule has 0 radical (unpaired) electrons. The molecule has 0 aromatic heterocycles. The van der Waals surface area contributed by atoms with E-state index in [9.17, 15) is 8.78 Å². The lowest BCUT2D eigenvalue weighted by Crippen LogP contribution is -2.47. The molecule has 0 saturated carbocycles. The van der Waals surface area contributed by atoms with Crippen molar-refractivity contribution in [3.8, 4) is 0 Å². The van der Waals surface area contributed by atoms with Crippen molar-refractivity contribution in [2.75, 3.05) is 0 Å². The van der Waals surface area contributed by atoms with Gasteiger partial charge in [0, 0.05) is 0 Å².